The fourth-order valence-electron chi connectivity index (χ4n) is 3.37. The number of non-ortho nitro benzene ring substituents is 1. The molecule has 0 atom stereocenters. The molecule has 3 rings (SSSR count). The average molecular weight is 353 g/mol. The van der Waals surface area contributed by atoms with Crippen molar-refractivity contribution in [1.82, 2.24) is 9.80 Å². The Balaban J connectivity index is 1.56. The highest BCUT2D eigenvalue weighted by molar-refractivity contribution is 5.94. The molecule has 1 fully saturated rings. The molecule has 0 unspecified atom stereocenters. The van der Waals surface area contributed by atoms with Crippen LogP contribution in [0.5, 0.6) is 0 Å². The lowest BCUT2D eigenvalue weighted by Gasteiger charge is -2.35. The third-order valence-corrected chi connectivity index (χ3v) is 4.68. The Bertz CT molecular complexity index is 789. The molecule has 1 heterocycles. The molecule has 1 aliphatic heterocycles. The van der Waals surface area contributed by atoms with Crippen molar-refractivity contribution in [2.24, 2.45) is 0 Å². The van der Waals surface area contributed by atoms with Crippen molar-refractivity contribution < 1.29 is 9.72 Å². The van der Waals surface area contributed by atoms with Crippen molar-refractivity contribution in [1.29, 1.82) is 0 Å². The number of rotatable bonds is 4. The summed E-state index contributed by atoms with van der Waals surface area (Å²) in [5, 5.41) is 10.7. The van der Waals surface area contributed by atoms with Crippen molar-refractivity contribution in [3.8, 4) is 0 Å². The van der Waals surface area contributed by atoms with Gasteiger partial charge in [-0.3, -0.25) is 19.8 Å². The van der Waals surface area contributed by atoms with Crippen LogP contribution in [0, 0.1) is 24.0 Å². The summed E-state index contributed by atoms with van der Waals surface area (Å²) in [5.74, 6) is 0.0896. The topological polar surface area (TPSA) is 66.7 Å². The lowest BCUT2D eigenvalue weighted by Crippen LogP contribution is -2.48. The summed E-state index contributed by atoms with van der Waals surface area (Å²) in [6.07, 6.45) is 0. The molecular weight excluding hydrogens is 330 g/mol. The van der Waals surface area contributed by atoms with E-state index in [4.69, 9.17) is 0 Å². The van der Waals surface area contributed by atoms with Gasteiger partial charge in [-0.25, -0.2) is 0 Å². The van der Waals surface area contributed by atoms with Gasteiger partial charge in [0.15, 0.2) is 0 Å². The zero-order valence-electron chi connectivity index (χ0n) is 15.1. The maximum Gasteiger partial charge on any atom is 0.269 e. The van der Waals surface area contributed by atoms with E-state index in [-0.39, 0.29) is 16.5 Å². The number of nitro groups is 1. The summed E-state index contributed by atoms with van der Waals surface area (Å²) in [7, 11) is 0. The molecule has 0 N–H and O–H groups in total. The minimum absolute atomic E-state index is 0.0896. The van der Waals surface area contributed by atoms with E-state index < -0.39 is 0 Å². The third kappa shape index (κ3) is 4.26. The molecule has 2 aromatic carbocycles. The van der Waals surface area contributed by atoms with Gasteiger partial charge in [-0.2, -0.15) is 0 Å². The second-order valence-electron chi connectivity index (χ2n) is 6.87. The van der Waals surface area contributed by atoms with E-state index in [2.05, 4.69) is 11.0 Å². The molecule has 26 heavy (non-hydrogen) atoms. The molecule has 0 spiro atoms. The predicted octanol–water partition coefficient (Wildman–Crippen LogP) is 3.17. The summed E-state index contributed by atoms with van der Waals surface area (Å²) in [6, 6.07) is 12.6. The standard InChI is InChI=1S/C20H23N3O3/c1-15-11-16(2)13-18(12-15)20(24)22-9-7-21(8-10-22)14-17-3-5-19(6-4-17)23(25)26/h3-6,11-13H,7-10,14H2,1-2H3. The van der Waals surface area contributed by atoms with Gasteiger partial charge in [0, 0.05) is 50.4 Å². The highest BCUT2D eigenvalue weighted by atomic mass is 16.6. The van der Waals surface area contributed by atoms with Gasteiger partial charge in [0.25, 0.3) is 11.6 Å². The molecule has 1 saturated heterocycles. The van der Waals surface area contributed by atoms with Crippen LogP contribution in [0.1, 0.15) is 27.0 Å². The zero-order chi connectivity index (χ0) is 18.7. The van der Waals surface area contributed by atoms with Crippen LogP contribution in [0.15, 0.2) is 42.5 Å². The van der Waals surface area contributed by atoms with Crippen LogP contribution in [0.4, 0.5) is 5.69 Å². The number of nitrogens with zero attached hydrogens (tertiary/aromatic N) is 3. The smallest absolute Gasteiger partial charge is 0.269 e. The summed E-state index contributed by atoms with van der Waals surface area (Å²) < 4.78 is 0. The Labute approximate surface area is 153 Å². The summed E-state index contributed by atoms with van der Waals surface area (Å²) in [5.41, 5.74) is 4.11. The molecule has 1 amide bonds. The fourth-order valence-corrected chi connectivity index (χ4v) is 3.37. The van der Waals surface area contributed by atoms with Gasteiger partial charge in [0.2, 0.25) is 0 Å². The van der Waals surface area contributed by atoms with Crippen LogP contribution in [-0.2, 0) is 6.54 Å². The number of nitro benzene ring substituents is 1. The van der Waals surface area contributed by atoms with Gasteiger partial charge >= 0.3 is 0 Å². The zero-order valence-corrected chi connectivity index (χ0v) is 15.1. The highest BCUT2D eigenvalue weighted by Gasteiger charge is 2.22. The van der Waals surface area contributed by atoms with E-state index in [0.29, 0.717) is 13.1 Å². The fraction of sp³-hybridized carbons (Fsp3) is 0.350. The first kappa shape index (κ1) is 18.1. The number of benzene rings is 2. The third-order valence-electron chi connectivity index (χ3n) is 4.68. The highest BCUT2D eigenvalue weighted by Crippen LogP contribution is 2.16. The molecule has 0 bridgehead atoms. The first-order chi connectivity index (χ1) is 12.4. The molecular formula is C20H23N3O3. The van der Waals surface area contributed by atoms with Gasteiger partial charge < -0.3 is 4.90 Å². The first-order valence-electron chi connectivity index (χ1n) is 8.75. The van der Waals surface area contributed by atoms with E-state index in [9.17, 15) is 14.9 Å². The normalized spacial score (nSPS) is 15.1. The van der Waals surface area contributed by atoms with Gasteiger partial charge in [-0.15, -0.1) is 0 Å². The van der Waals surface area contributed by atoms with Crippen molar-refractivity contribution in [2.45, 2.75) is 20.4 Å². The Morgan fingerprint density at radius 2 is 1.58 bits per heavy atom. The van der Waals surface area contributed by atoms with E-state index >= 15 is 0 Å². The molecule has 136 valence electrons. The summed E-state index contributed by atoms with van der Waals surface area (Å²) >= 11 is 0. The maximum atomic E-state index is 12.7. The Kier molecular flexibility index (Phi) is 5.32. The first-order valence-corrected chi connectivity index (χ1v) is 8.75. The van der Waals surface area contributed by atoms with Crippen LogP contribution in [0.2, 0.25) is 0 Å². The minimum Gasteiger partial charge on any atom is -0.336 e. The number of carbonyl (C=O) groups is 1. The van der Waals surface area contributed by atoms with Gasteiger partial charge in [-0.1, -0.05) is 29.3 Å². The number of aryl methyl sites for hydroxylation is 2. The lowest BCUT2D eigenvalue weighted by molar-refractivity contribution is -0.384. The molecule has 1 aliphatic rings. The Hall–Kier alpha value is -2.73. The summed E-state index contributed by atoms with van der Waals surface area (Å²) in [6.45, 7) is 7.74. The van der Waals surface area contributed by atoms with Crippen molar-refractivity contribution in [3.05, 3.63) is 74.8 Å². The van der Waals surface area contributed by atoms with Crippen LogP contribution in [-0.4, -0.2) is 46.8 Å². The van der Waals surface area contributed by atoms with Gasteiger partial charge in [-0.05, 0) is 31.5 Å². The van der Waals surface area contributed by atoms with E-state index in [0.717, 1.165) is 41.9 Å². The van der Waals surface area contributed by atoms with Crippen molar-refractivity contribution >= 4 is 11.6 Å². The molecule has 6 nitrogen and oxygen atoms in total. The largest absolute Gasteiger partial charge is 0.336 e. The van der Waals surface area contributed by atoms with E-state index in [1.165, 1.54) is 12.1 Å². The number of amides is 1. The molecule has 0 aliphatic carbocycles. The van der Waals surface area contributed by atoms with Crippen molar-refractivity contribution in [2.75, 3.05) is 26.2 Å². The van der Waals surface area contributed by atoms with Crippen LogP contribution < -0.4 is 0 Å². The van der Waals surface area contributed by atoms with Crippen molar-refractivity contribution in [3.63, 3.8) is 0 Å². The Morgan fingerprint density at radius 3 is 2.12 bits per heavy atom. The molecule has 6 heteroatoms. The maximum absolute atomic E-state index is 12.7. The van der Waals surface area contributed by atoms with E-state index in [1.807, 2.05) is 30.9 Å². The van der Waals surface area contributed by atoms with Gasteiger partial charge in [0.05, 0.1) is 4.92 Å². The summed E-state index contributed by atoms with van der Waals surface area (Å²) in [4.78, 5) is 27.2. The second kappa shape index (κ2) is 7.66. The number of piperazine rings is 1. The van der Waals surface area contributed by atoms with E-state index in [1.54, 1.807) is 12.1 Å². The van der Waals surface area contributed by atoms with Gasteiger partial charge in [0.1, 0.15) is 0 Å². The minimum atomic E-state index is -0.388. The number of hydrogen-bond donors (Lipinski definition) is 0. The lowest BCUT2D eigenvalue weighted by atomic mass is 10.1. The van der Waals surface area contributed by atoms with Crippen LogP contribution in [0.3, 0.4) is 0 Å². The second-order valence-corrected chi connectivity index (χ2v) is 6.87. The number of carbonyl (C=O) groups excluding carboxylic acids is 1. The monoisotopic (exact) mass is 353 g/mol. The quantitative estimate of drug-likeness (QED) is 0.625. The molecule has 0 saturated carbocycles. The number of hydrogen-bond acceptors (Lipinski definition) is 4. The van der Waals surface area contributed by atoms with Crippen LogP contribution in [0.25, 0.3) is 0 Å². The van der Waals surface area contributed by atoms with Crippen LogP contribution >= 0.6 is 0 Å². The average Bonchev–Trinajstić information content (AvgIpc) is 2.61. The molecule has 0 aromatic heterocycles. The molecule has 2 aromatic rings. The Morgan fingerprint density at radius 1 is 1.00 bits per heavy atom. The predicted molar refractivity (Wildman–Crippen MR) is 100 cm³/mol. The SMILES string of the molecule is Cc1cc(C)cc(C(=O)N2CCN(Cc3ccc([N+](=O)[O-])cc3)CC2)c1. The molecule has 0 radical (unpaired) electrons.